The second-order valence-corrected chi connectivity index (χ2v) is 6.14. The van der Waals surface area contributed by atoms with Gasteiger partial charge in [0, 0.05) is 23.2 Å². The Morgan fingerprint density at radius 1 is 1.45 bits per heavy atom. The fourth-order valence-electron chi connectivity index (χ4n) is 2.63. The van der Waals surface area contributed by atoms with E-state index in [1.807, 2.05) is 17.5 Å². The number of hydrogen-bond acceptors (Lipinski definition) is 5. The van der Waals surface area contributed by atoms with Crippen molar-refractivity contribution in [3.8, 4) is 0 Å². The number of fused-ring (bicyclic) bond motifs is 1. The van der Waals surface area contributed by atoms with E-state index in [4.69, 9.17) is 0 Å². The van der Waals surface area contributed by atoms with Crippen molar-refractivity contribution in [2.24, 2.45) is 0 Å². The first kappa shape index (κ1) is 13.4. The van der Waals surface area contributed by atoms with E-state index in [-0.39, 0.29) is 0 Å². The normalized spacial score (nSPS) is 17.6. The molecule has 0 radical (unpaired) electrons. The quantitative estimate of drug-likeness (QED) is 0.899. The third-order valence-corrected chi connectivity index (χ3v) is 4.67. The van der Waals surface area contributed by atoms with Gasteiger partial charge in [-0.2, -0.15) is 4.98 Å². The molecule has 3 rings (SSSR count). The van der Waals surface area contributed by atoms with Crippen LogP contribution in [0.5, 0.6) is 0 Å². The van der Waals surface area contributed by atoms with Crippen LogP contribution >= 0.6 is 11.3 Å². The number of aromatic nitrogens is 2. The zero-order valence-corrected chi connectivity index (χ0v) is 12.8. The van der Waals surface area contributed by atoms with Gasteiger partial charge >= 0.3 is 0 Å². The highest BCUT2D eigenvalue weighted by Crippen LogP contribution is 2.35. The summed E-state index contributed by atoms with van der Waals surface area (Å²) in [5, 5.41) is 8.97. The van der Waals surface area contributed by atoms with Crippen molar-refractivity contribution in [3.05, 3.63) is 33.6 Å². The Morgan fingerprint density at radius 3 is 3.20 bits per heavy atom. The maximum atomic E-state index is 4.58. The Kier molecular flexibility index (Phi) is 3.87. The summed E-state index contributed by atoms with van der Waals surface area (Å²) in [6, 6.07) is 2.63. The third kappa shape index (κ3) is 2.63. The van der Waals surface area contributed by atoms with Gasteiger partial charge < -0.3 is 10.6 Å². The van der Waals surface area contributed by atoms with Gasteiger partial charge in [-0.3, -0.25) is 0 Å². The first-order valence-corrected chi connectivity index (χ1v) is 8.06. The Morgan fingerprint density at radius 2 is 2.35 bits per heavy atom. The highest BCUT2D eigenvalue weighted by atomic mass is 32.1. The topological polar surface area (TPSA) is 49.8 Å². The van der Waals surface area contributed by atoms with Crippen molar-refractivity contribution < 1.29 is 0 Å². The minimum Gasteiger partial charge on any atom is -0.363 e. The highest BCUT2D eigenvalue weighted by Gasteiger charge is 2.22. The van der Waals surface area contributed by atoms with Gasteiger partial charge in [0.1, 0.15) is 5.82 Å². The number of anilines is 2. The van der Waals surface area contributed by atoms with Gasteiger partial charge in [0.15, 0.2) is 0 Å². The molecule has 0 spiro atoms. The van der Waals surface area contributed by atoms with E-state index in [1.54, 1.807) is 0 Å². The SMILES string of the molecule is CCNc1ncc(C)c(NC2CCCc3sccc32)n1. The van der Waals surface area contributed by atoms with Crippen molar-refractivity contribution in [1.29, 1.82) is 0 Å². The van der Waals surface area contributed by atoms with E-state index < -0.39 is 0 Å². The van der Waals surface area contributed by atoms with Crippen LogP contribution in [0.25, 0.3) is 0 Å². The lowest BCUT2D eigenvalue weighted by Gasteiger charge is -2.25. The van der Waals surface area contributed by atoms with E-state index >= 15 is 0 Å². The lowest BCUT2D eigenvalue weighted by molar-refractivity contribution is 0.606. The lowest BCUT2D eigenvalue weighted by Crippen LogP contribution is -2.17. The third-order valence-electron chi connectivity index (χ3n) is 3.67. The molecule has 1 aliphatic carbocycles. The number of nitrogens with one attached hydrogen (secondary N) is 2. The molecule has 2 N–H and O–H groups in total. The molecule has 4 nitrogen and oxygen atoms in total. The summed E-state index contributed by atoms with van der Waals surface area (Å²) in [6.45, 7) is 4.94. The average Bonchev–Trinajstić information content (AvgIpc) is 2.92. The predicted molar refractivity (Wildman–Crippen MR) is 84.6 cm³/mol. The molecule has 0 saturated heterocycles. The molecular formula is C15H20N4S. The number of rotatable bonds is 4. The standard InChI is InChI=1S/C15H20N4S/c1-3-16-15-17-9-10(2)14(19-15)18-12-5-4-6-13-11(12)7-8-20-13/h7-9,12H,3-6H2,1-2H3,(H2,16,17,18,19). The summed E-state index contributed by atoms with van der Waals surface area (Å²) >= 11 is 1.87. The van der Waals surface area contributed by atoms with Gasteiger partial charge in [0.05, 0.1) is 6.04 Å². The molecule has 1 aliphatic rings. The second-order valence-electron chi connectivity index (χ2n) is 5.14. The van der Waals surface area contributed by atoms with Gasteiger partial charge in [-0.1, -0.05) is 0 Å². The van der Waals surface area contributed by atoms with Gasteiger partial charge in [-0.25, -0.2) is 4.98 Å². The van der Waals surface area contributed by atoms with E-state index in [1.165, 1.54) is 29.7 Å². The van der Waals surface area contributed by atoms with Crippen molar-refractivity contribution in [2.45, 2.75) is 39.2 Å². The van der Waals surface area contributed by atoms with Gasteiger partial charge in [0.25, 0.3) is 0 Å². The van der Waals surface area contributed by atoms with Gasteiger partial charge in [-0.15, -0.1) is 11.3 Å². The minimum absolute atomic E-state index is 0.382. The lowest BCUT2D eigenvalue weighted by atomic mass is 9.94. The average molecular weight is 288 g/mol. The van der Waals surface area contributed by atoms with Crippen molar-refractivity contribution in [3.63, 3.8) is 0 Å². The molecule has 5 heteroatoms. The molecule has 2 heterocycles. The zero-order valence-electron chi connectivity index (χ0n) is 11.9. The van der Waals surface area contributed by atoms with Crippen LogP contribution in [-0.4, -0.2) is 16.5 Å². The van der Waals surface area contributed by atoms with Crippen LogP contribution in [0.4, 0.5) is 11.8 Å². The van der Waals surface area contributed by atoms with Gasteiger partial charge in [-0.05, 0) is 50.1 Å². The summed E-state index contributed by atoms with van der Waals surface area (Å²) in [6.07, 6.45) is 5.51. The van der Waals surface area contributed by atoms with E-state index in [0.29, 0.717) is 12.0 Å². The number of hydrogen-bond donors (Lipinski definition) is 2. The summed E-state index contributed by atoms with van der Waals surface area (Å²) in [4.78, 5) is 10.4. The van der Waals surface area contributed by atoms with Crippen LogP contribution in [0, 0.1) is 6.92 Å². The molecule has 0 aliphatic heterocycles. The summed E-state index contributed by atoms with van der Waals surface area (Å²) in [5.74, 6) is 1.64. The van der Waals surface area contributed by atoms with Crippen LogP contribution in [0.3, 0.4) is 0 Å². The first-order chi connectivity index (χ1) is 9.78. The largest absolute Gasteiger partial charge is 0.363 e. The predicted octanol–water partition coefficient (Wildman–Crippen LogP) is 3.77. The van der Waals surface area contributed by atoms with Crippen LogP contribution in [0.2, 0.25) is 0 Å². The molecule has 0 aromatic carbocycles. The summed E-state index contributed by atoms with van der Waals surface area (Å²) in [5.41, 5.74) is 2.54. The zero-order chi connectivity index (χ0) is 13.9. The van der Waals surface area contributed by atoms with E-state index in [9.17, 15) is 0 Å². The van der Waals surface area contributed by atoms with Crippen molar-refractivity contribution in [2.75, 3.05) is 17.2 Å². The Balaban J connectivity index is 1.83. The maximum Gasteiger partial charge on any atom is 0.224 e. The first-order valence-electron chi connectivity index (χ1n) is 7.18. The molecule has 1 unspecified atom stereocenters. The second kappa shape index (κ2) is 5.79. The number of thiophene rings is 1. The fourth-order valence-corrected chi connectivity index (χ4v) is 3.62. The smallest absolute Gasteiger partial charge is 0.224 e. The molecule has 0 amide bonds. The van der Waals surface area contributed by atoms with Crippen LogP contribution in [0.15, 0.2) is 17.6 Å². The Labute approximate surface area is 123 Å². The van der Waals surface area contributed by atoms with Crippen LogP contribution < -0.4 is 10.6 Å². The summed E-state index contributed by atoms with van der Waals surface area (Å²) in [7, 11) is 0. The Bertz CT molecular complexity index is 593. The highest BCUT2D eigenvalue weighted by molar-refractivity contribution is 7.10. The monoisotopic (exact) mass is 288 g/mol. The molecule has 0 bridgehead atoms. The minimum atomic E-state index is 0.382. The van der Waals surface area contributed by atoms with Crippen molar-refractivity contribution in [1.82, 2.24) is 9.97 Å². The molecule has 0 saturated carbocycles. The van der Waals surface area contributed by atoms with Gasteiger partial charge in [0.2, 0.25) is 5.95 Å². The maximum absolute atomic E-state index is 4.58. The number of nitrogens with zero attached hydrogens (tertiary/aromatic N) is 2. The van der Waals surface area contributed by atoms with E-state index in [0.717, 1.165) is 17.9 Å². The summed E-state index contributed by atoms with van der Waals surface area (Å²) < 4.78 is 0. The van der Waals surface area contributed by atoms with E-state index in [2.05, 4.69) is 45.9 Å². The van der Waals surface area contributed by atoms with Crippen molar-refractivity contribution >= 4 is 23.1 Å². The molecule has 20 heavy (non-hydrogen) atoms. The molecular weight excluding hydrogens is 268 g/mol. The molecule has 1 atom stereocenters. The molecule has 0 fully saturated rings. The molecule has 106 valence electrons. The molecule has 2 aromatic rings. The van der Waals surface area contributed by atoms with Crippen LogP contribution in [-0.2, 0) is 6.42 Å². The van der Waals surface area contributed by atoms with Crippen LogP contribution in [0.1, 0.15) is 41.8 Å². The molecule has 2 aromatic heterocycles. The number of aryl methyl sites for hydroxylation is 2. The fraction of sp³-hybridized carbons (Fsp3) is 0.467. The Hall–Kier alpha value is -1.62.